The molecule has 1 saturated carbocycles. The first kappa shape index (κ1) is 23.8. The van der Waals surface area contributed by atoms with Gasteiger partial charge in [-0.2, -0.15) is 0 Å². The molecule has 1 saturated heterocycles. The Morgan fingerprint density at radius 2 is 1.86 bits per heavy atom. The molecule has 3 rings (SSSR count). The lowest BCUT2D eigenvalue weighted by atomic mass is 9.97. The number of nitrogens with one attached hydrogen (secondary N) is 1. The number of likely N-dealkylation sites (tertiary alicyclic amines) is 1. The van der Waals surface area contributed by atoms with Gasteiger partial charge in [0.25, 0.3) is 0 Å². The summed E-state index contributed by atoms with van der Waals surface area (Å²) in [5.74, 6) is 1.79. The standard InChI is InChI=1S/C22H33N3O3.HI/c1-3-27-21(26)17-12-14-25(15-13-17)22(23-2)24-16-18-8-4-7-11-20(18)28-19-9-5-6-10-19;/h4,7-8,11,17,19H,3,5-6,9-10,12-16H2,1-2H3,(H,23,24);1H. The highest BCUT2D eigenvalue weighted by atomic mass is 127. The number of hydrogen-bond acceptors (Lipinski definition) is 4. The van der Waals surface area contributed by atoms with Crippen LogP contribution in [0, 0.1) is 5.92 Å². The van der Waals surface area contributed by atoms with Gasteiger partial charge in [0, 0.05) is 32.2 Å². The van der Waals surface area contributed by atoms with Crippen LogP contribution in [-0.4, -0.2) is 49.7 Å². The normalized spacial score (nSPS) is 18.3. The summed E-state index contributed by atoms with van der Waals surface area (Å²) in [6.07, 6.45) is 6.79. The highest BCUT2D eigenvalue weighted by Gasteiger charge is 2.27. The van der Waals surface area contributed by atoms with Gasteiger partial charge < -0.3 is 19.7 Å². The van der Waals surface area contributed by atoms with Gasteiger partial charge in [0.15, 0.2) is 5.96 Å². The summed E-state index contributed by atoms with van der Waals surface area (Å²) in [6.45, 7) is 4.60. The van der Waals surface area contributed by atoms with Gasteiger partial charge in [-0.15, -0.1) is 24.0 Å². The van der Waals surface area contributed by atoms with Crippen molar-refractivity contribution in [1.82, 2.24) is 10.2 Å². The second-order valence-corrected chi connectivity index (χ2v) is 7.55. The van der Waals surface area contributed by atoms with Crippen LogP contribution in [0.25, 0.3) is 0 Å². The summed E-state index contributed by atoms with van der Waals surface area (Å²) in [5, 5.41) is 3.47. The monoisotopic (exact) mass is 515 g/mol. The average Bonchev–Trinajstić information content (AvgIpc) is 3.23. The van der Waals surface area contributed by atoms with Crippen LogP contribution in [0.2, 0.25) is 0 Å². The predicted octanol–water partition coefficient (Wildman–Crippen LogP) is 3.98. The highest BCUT2D eigenvalue weighted by Crippen LogP contribution is 2.26. The number of piperidine rings is 1. The molecule has 0 atom stereocenters. The van der Waals surface area contributed by atoms with E-state index in [1.807, 2.05) is 19.1 Å². The van der Waals surface area contributed by atoms with Gasteiger partial charge >= 0.3 is 5.97 Å². The molecule has 1 aromatic rings. The van der Waals surface area contributed by atoms with Crippen molar-refractivity contribution in [3.63, 3.8) is 0 Å². The molecule has 1 N–H and O–H groups in total. The number of guanidine groups is 1. The van der Waals surface area contributed by atoms with Gasteiger partial charge in [-0.25, -0.2) is 0 Å². The smallest absolute Gasteiger partial charge is 0.309 e. The minimum absolute atomic E-state index is 0. The lowest BCUT2D eigenvalue weighted by Crippen LogP contribution is -2.46. The van der Waals surface area contributed by atoms with Crippen molar-refractivity contribution >= 4 is 35.9 Å². The van der Waals surface area contributed by atoms with Gasteiger partial charge in [0.05, 0.1) is 18.6 Å². The molecule has 0 radical (unpaired) electrons. The minimum atomic E-state index is -0.0666. The summed E-state index contributed by atoms with van der Waals surface area (Å²) in [4.78, 5) is 18.6. The van der Waals surface area contributed by atoms with E-state index >= 15 is 0 Å². The lowest BCUT2D eigenvalue weighted by molar-refractivity contribution is -0.149. The first-order valence-electron chi connectivity index (χ1n) is 10.6. The van der Waals surface area contributed by atoms with Crippen molar-refractivity contribution in [2.24, 2.45) is 10.9 Å². The van der Waals surface area contributed by atoms with Crippen LogP contribution in [0.15, 0.2) is 29.3 Å². The first-order valence-corrected chi connectivity index (χ1v) is 10.6. The summed E-state index contributed by atoms with van der Waals surface area (Å²) in [7, 11) is 1.81. The van der Waals surface area contributed by atoms with E-state index in [1.165, 1.54) is 12.8 Å². The minimum Gasteiger partial charge on any atom is -0.490 e. The van der Waals surface area contributed by atoms with Crippen molar-refractivity contribution in [3.8, 4) is 5.75 Å². The number of para-hydroxylation sites is 1. The number of carbonyl (C=O) groups is 1. The van der Waals surface area contributed by atoms with E-state index in [1.54, 1.807) is 7.05 Å². The summed E-state index contributed by atoms with van der Waals surface area (Å²) < 4.78 is 11.4. The fourth-order valence-corrected chi connectivity index (χ4v) is 4.04. The Bertz CT molecular complexity index is 669. The fraction of sp³-hybridized carbons (Fsp3) is 0.636. The lowest BCUT2D eigenvalue weighted by Gasteiger charge is -2.33. The molecule has 7 heteroatoms. The van der Waals surface area contributed by atoms with Crippen LogP contribution in [0.5, 0.6) is 5.75 Å². The SMILES string of the molecule is CCOC(=O)C1CCN(C(=NC)NCc2ccccc2OC2CCCC2)CC1.I. The molecule has 0 bridgehead atoms. The van der Waals surface area contributed by atoms with Crippen molar-refractivity contribution < 1.29 is 14.3 Å². The molecular weight excluding hydrogens is 481 g/mol. The topological polar surface area (TPSA) is 63.2 Å². The number of nitrogens with zero attached hydrogens (tertiary/aromatic N) is 2. The Kier molecular flexibility index (Phi) is 10.0. The van der Waals surface area contributed by atoms with Crippen LogP contribution in [0.4, 0.5) is 0 Å². The quantitative estimate of drug-likeness (QED) is 0.269. The molecule has 1 aromatic carbocycles. The summed E-state index contributed by atoms with van der Waals surface area (Å²) >= 11 is 0. The Labute approximate surface area is 191 Å². The van der Waals surface area contributed by atoms with Gasteiger partial charge in [0.2, 0.25) is 0 Å². The van der Waals surface area contributed by atoms with E-state index in [9.17, 15) is 4.79 Å². The molecule has 1 heterocycles. The molecule has 0 amide bonds. The molecule has 29 heavy (non-hydrogen) atoms. The van der Waals surface area contributed by atoms with E-state index in [4.69, 9.17) is 9.47 Å². The van der Waals surface area contributed by atoms with Crippen molar-refractivity contribution in [2.45, 2.75) is 58.1 Å². The van der Waals surface area contributed by atoms with Crippen LogP contribution in [0.3, 0.4) is 0 Å². The largest absolute Gasteiger partial charge is 0.490 e. The van der Waals surface area contributed by atoms with Crippen molar-refractivity contribution in [1.29, 1.82) is 0 Å². The molecule has 162 valence electrons. The Balaban J connectivity index is 0.00000300. The molecule has 6 nitrogen and oxygen atoms in total. The van der Waals surface area contributed by atoms with Crippen LogP contribution in [0.1, 0.15) is 51.0 Å². The Hall–Kier alpha value is -1.51. The van der Waals surface area contributed by atoms with Crippen molar-refractivity contribution in [2.75, 3.05) is 26.7 Å². The van der Waals surface area contributed by atoms with E-state index in [-0.39, 0.29) is 35.9 Å². The number of rotatable bonds is 6. The Morgan fingerprint density at radius 1 is 1.17 bits per heavy atom. The van der Waals surface area contributed by atoms with Gasteiger partial charge in [-0.3, -0.25) is 9.79 Å². The second-order valence-electron chi connectivity index (χ2n) is 7.55. The maximum absolute atomic E-state index is 11.9. The third-order valence-corrected chi connectivity index (χ3v) is 5.63. The van der Waals surface area contributed by atoms with Crippen LogP contribution in [-0.2, 0) is 16.1 Å². The summed E-state index contributed by atoms with van der Waals surface area (Å²) in [6, 6.07) is 8.25. The maximum atomic E-state index is 11.9. The number of hydrogen-bond donors (Lipinski definition) is 1. The number of esters is 1. The zero-order valence-corrected chi connectivity index (χ0v) is 19.9. The third kappa shape index (κ3) is 6.76. The number of carbonyl (C=O) groups excluding carboxylic acids is 1. The zero-order chi connectivity index (χ0) is 19.8. The molecule has 2 aliphatic rings. The molecule has 2 fully saturated rings. The Morgan fingerprint density at radius 3 is 2.52 bits per heavy atom. The zero-order valence-electron chi connectivity index (χ0n) is 17.6. The average molecular weight is 515 g/mol. The molecule has 1 aliphatic carbocycles. The molecule has 0 spiro atoms. The van der Waals surface area contributed by atoms with E-state index < -0.39 is 0 Å². The van der Waals surface area contributed by atoms with Crippen LogP contribution < -0.4 is 10.1 Å². The van der Waals surface area contributed by atoms with E-state index in [0.29, 0.717) is 19.3 Å². The van der Waals surface area contributed by atoms with E-state index in [0.717, 1.165) is 56.0 Å². The highest BCUT2D eigenvalue weighted by molar-refractivity contribution is 14.0. The van der Waals surface area contributed by atoms with E-state index in [2.05, 4.69) is 27.3 Å². The predicted molar refractivity (Wildman–Crippen MR) is 126 cm³/mol. The molecular formula is C22H34IN3O3. The number of benzene rings is 1. The number of halogens is 1. The van der Waals surface area contributed by atoms with Gasteiger partial charge in [0.1, 0.15) is 5.75 Å². The van der Waals surface area contributed by atoms with Crippen LogP contribution >= 0.6 is 24.0 Å². The molecule has 0 aromatic heterocycles. The molecule has 1 aliphatic heterocycles. The maximum Gasteiger partial charge on any atom is 0.309 e. The number of ether oxygens (including phenoxy) is 2. The van der Waals surface area contributed by atoms with Gasteiger partial charge in [-0.05, 0) is 51.5 Å². The third-order valence-electron chi connectivity index (χ3n) is 5.63. The van der Waals surface area contributed by atoms with Crippen molar-refractivity contribution in [3.05, 3.63) is 29.8 Å². The van der Waals surface area contributed by atoms with Gasteiger partial charge in [-0.1, -0.05) is 18.2 Å². The fourth-order valence-electron chi connectivity index (χ4n) is 4.04. The first-order chi connectivity index (χ1) is 13.7. The second kappa shape index (κ2) is 12.2. The molecule has 0 unspecified atom stereocenters. The number of aliphatic imine (C=N–C) groups is 1. The summed E-state index contributed by atoms with van der Waals surface area (Å²) in [5.41, 5.74) is 1.15.